The van der Waals surface area contributed by atoms with Gasteiger partial charge in [0.15, 0.2) is 10.4 Å². The molecular formula is C11H13ClN4OS. The Kier molecular flexibility index (Phi) is 3.09. The van der Waals surface area contributed by atoms with Gasteiger partial charge in [0.1, 0.15) is 5.52 Å². The average molecular weight is 285 g/mol. The fourth-order valence-electron chi connectivity index (χ4n) is 2.39. The quantitative estimate of drug-likeness (QED) is 0.596. The Morgan fingerprint density at radius 3 is 2.89 bits per heavy atom. The fraction of sp³-hybridized carbons (Fsp3) is 0.545. The van der Waals surface area contributed by atoms with Crippen LogP contribution < -0.4 is 0 Å². The molecule has 0 aliphatic carbocycles. The Morgan fingerprint density at radius 2 is 2.17 bits per heavy atom. The van der Waals surface area contributed by atoms with Gasteiger partial charge >= 0.3 is 0 Å². The zero-order valence-electron chi connectivity index (χ0n) is 9.97. The van der Waals surface area contributed by atoms with E-state index in [0.29, 0.717) is 6.04 Å². The van der Waals surface area contributed by atoms with Crippen molar-refractivity contribution in [1.82, 2.24) is 19.1 Å². The van der Waals surface area contributed by atoms with E-state index in [2.05, 4.69) is 14.5 Å². The van der Waals surface area contributed by atoms with Crippen molar-refractivity contribution >= 4 is 35.0 Å². The van der Waals surface area contributed by atoms with Crippen molar-refractivity contribution in [2.45, 2.75) is 18.9 Å². The zero-order chi connectivity index (χ0) is 12.7. The monoisotopic (exact) mass is 284 g/mol. The Hall–Kier alpha value is -0.980. The van der Waals surface area contributed by atoms with E-state index in [-0.39, 0.29) is 5.28 Å². The molecule has 18 heavy (non-hydrogen) atoms. The molecule has 0 aromatic carbocycles. The number of ether oxygens (including phenoxy) is 1. The first-order valence-electron chi connectivity index (χ1n) is 5.85. The van der Waals surface area contributed by atoms with Crippen LogP contribution in [0.15, 0.2) is 6.20 Å². The lowest BCUT2D eigenvalue weighted by Gasteiger charge is -2.23. The molecule has 3 heterocycles. The van der Waals surface area contributed by atoms with Gasteiger partial charge in [-0.25, -0.2) is 4.98 Å². The van der Waals surface area contributed by atoms with Crippen molar-refractivity contribution in [2.75, 3.05) is 13.2 Å². The van der Waals surface area contributed by atoms with Crippen LogP contribution in [0.1, 0.15) is 18.9 Å². The summed E-state index contributed by atoms with van der Waals surface area (Å²) in [7, 11) is 1.93. The van der Waals surface area contributed by atoms with E-state index in [4.69, 9.17) is 28.6 Å². The van der Waals surface area contributed by atoms with Gasteiger partial charge in [0, 0.05) is 26.3 Å². The maximum absolute atomic E-state index is 5.89. The largest absolute Gasteiger partial charge is 0.381 e. The lowest BCUT2D eigenvalue weighted by Crippen LogP contribution is -2.20. The molecule has 1 saturated heterocycles. The second-order valence-electron chi connectivity index (χ2n) is 4.40. The Labute approximate surface area is 114 Å². The minimum atomic E-state index is 0.254. The van der Waals surface area contributed by atoms with E-state index < -0.39 is 0 Å². The molecule has 1 fully saturated rings. The minimum Gasteiger partial charge on any atom is -0.381 e. The number of imidazole rings is 1. The number of hydrogen-bond acceptors (Lipinski definition) is 4. The van der Waals surface area contributed by atoms with Crippen LogP contribution >= 0.6 is 23.8 Å². The molecule has 7 heteroatoms. The predicted molar refractivity (Wildman–Crippen MR) is 71.4 cm³/mol. The third-order valence-corrected chi connectivity index (χ3v) is 4.01. The van der Waals surface area contributed by atoms with Crippen LogP contribution in [0.25, 0.3) is 11.2 Å². The first kappa shape index (κ1) is 12.1. The molecule has 1 aliphatic heterocycles. The number of rotatable bonds is 1. The zero-order valence-corrected chi connectivity index (χ0v) is 11.5. The number of hydrogen-bond donors (Lipinski definition) is 0. The summed E-state index contributed by atoms with van der Waals surface area (Å²) < 4.78 is 10.2. The minimum absolute atomic E-state index is 0.254. The van der Waals surface area contributed by atoms with Crippen LogP contribution in [0.3, 0.4) is 0 Å². The molecule has 0 N–H and O–H groups in total. The summed E-state index contributed by atoms with van der Waals surface area (Å²) in [4.78, 5) is 8.34. The van der Waals surface area contributed by atoms with E-state index in [0.717, 1.165) is 42.0 Å². The van der Waals surface area contributed by atoms with Gasteiger partial charge < -0.3 is 9.30 Å². The highest BCUT2D eigenvalue weighted by atomic mass is 35.5. The molecule has 3 rings (SSSR count). The van der Waals surface area contributed by atoms with Gasteiger partial charge in [-0.1, -0.05) is 0 Å². The first-order chi connectivity index (χ1) is 8.68. The summed E-state index contributed by atoms with van der Waals surface area (Å²) in [5, 5.41) is 0.254. The molecule has 0 saturated carbocycles. The summed E-state index contributed by atoms with van der Waals surface area (Å²) in [6.07, 6.45) is 3.63. The summed E-state index contributed by atoms with van der Waals surface area (Å²) in [5.41, 5.74) is 1.73. The third-order valence-electron chi connectivity index (χ3n) is 3.36. The van der Waals surface area contributed by atoms with Crippen LogP contribution in [-0.2, 0) is 11.8 Å². The maximum atomic E-state index is 5.89. The standard InChI is InChI=1S/C11H13ClN4OS/c1-15-8-6-13-10(12)14-9(8)16(11(15)18)7-2-4-17-5-3-7/h6-7H,2-5H2,1H3. The van der Waals surface area contributed by atoms with E-state index in [1.807, 2.05) is 11.6 Å². The van der Waals surface area contributed by atoms with E-state index in [1.54, 1.807) is 6.20 Å². The van der Waals surface area contributed by atoms with Crippen molar-refractivity contribution in [2.24, 2.45) is 7.05 Å². The van der Waals surface area contributed by atoms with Crippen LogP contribution in [0, 0.1) is 4.77 Å². The fourth-order valence-corrected chi connectivity index (χ4v) is 2.85. The average Bonchev–Trinajstić information content (AvgIpc) is 2.63. The lowest BCUT2D eigenvalue weighted by molar-refractivity contribution is 0.0700. The van der Waals surface area contributed by atoms with Crippen molar-refractivity contribution in [1.29, 1.82) is 0 Å². The number of nitrogens with zero attached hydrogens (tertiary/aromatic N) is 4. The number of halogens is 1. The molecule has 2 aromatic heterocycles. The molecule has 0 unspecified atom stereocenters. The van der Waals surface area contributed by atoms with Gasteiger partial charge in [0.2, 0.25) is 5.28 Å². The van der Waals surface area contributed by atoms with Gasteiger partial charge in [0.05, 0.1) is 6.20 Å². The molecule has 1 aliphatic rings. The second kappa shape index (κ2) is 4.60. The lowest BCUT2D eigenvalue weighted by atomic mass is 10.1. The van der Waals surface area contributed by atoms with Crippen LogP contribution in [-0.4, -0.2) is 32.3 Å². The summed E-state index contributed by atoms with van der Waals surface area (Å²) >= 11 is 11.4. The van der Waals surface area contributed by atoms with Crippen molar-refractivity contribution in [3.8, 4) is 0 Å². The van der Waals surface area contributed by atoms with Gasteiger partial charge in [-0.2, -0.15) is 4.98 Å². The number of fused-ring (bicyclic) bond motifs is 1. The molecule has 0 amide bonds. The second-order valence-corrected chi connectivity index (χ2v) is 5.11. The highest BCUT2D eigenvalue weighted by molar-refractivity contribution is 7.71. The molecule has 0 spiro atoms. The molecule has 0 radical (unpaired) electrons. The van der Waals surface area contributed by atoms with Crippen LogP contribution in [0.2, 0.25) is 5.28 Å². The topological polar surface area (TPSA) is 44.9 Å². The molecular weight excluding hydrogens is 272 g/mol. The normalized spacial score (nSPS) is 17.4. The Bertz CT molecular complexity index is 644. The maximum Gasteiger partial charge on any atom is 0.224 e. The molecule has 96 valence electrons. The highest BCUT2D eigenvalue weighted by Crippen LogP contribution is 2.26. The Morgan fingerprint density at radius 1 is 1.44 bits per heavy atom. The predicted octanol–water partition coefficient (Wildman–Crippen LogP) is 2.50. The molecule has 5 nitrogen and oxygen atoms in total. The van der Waals surface area contributed by atoms with Crippen molar-refractivity contribution in [3.63, 3.8) is 0 Å². The first-order valence-corrected chi connectivity index (χ1v) is 6.64. The van der Waals surface area contributed by atoms with Gasteiger partial charge in [0.25, 0.3) is 0 Å². The molecule has 2 aromatic rings. The molecule has 0 atom stereocenters. The van der Waals surface area contributed by atoms with Crippen molar-refractivity contribution < 1.29 is 4.74 Å². The SMILES string of the molecule is Cn1c(=S)n(C2CCOCC2)c2nc(Cl)ncc21. The molecule has 0 bridgehead atoms. The van der Waals surface area contributed by atoms with E-state index in [1.165, 1.54) is 0 Å². The number of aromatic nitrogens is 4. The third kappa shape index (κ3) is 1.84. The van der Waals surface area contributed by atoms with Gasteiger partial charge in [-0.15, -0.1) is 0 Å². The van der Waals surface area contributed by atoms with Crippen LogP contribution in [0.5, 0.6) is 0 Å². The van der Waals surface area contributed by atoms with E-state index in [9.17, 15) is 0 Å². The summed E-state index contributed by atoms with van der Waals surface area (Å²) in [6, 6.07) is 0.334. The van der Waals surface area contributed by atoms with Gasteiger partial charge in [-0.3, -0.25) is 4.57 Å². The summed E-state index contributed by atoms with van der Waals surface area (Å²) in [6.45, 7) is 1.53. The van der Waals surface area contributed by atoms with Crippen molar-refractivity contribution in [3.05, 3.63) is 16.3 Å². The smallest absolute Gasteiger partial charge is 0.224 e. The van der Waals surface area contributed by atoms with Gasteiger partial charge in [-0.05, 0) is 36.7 Å². The highest BCUT2D eigenvalue weighted by Gasteiger charge is 2.21. The number of aryl methyl sites for hydroxylation is 1. The Balaban J connectivity index is 2.23. The van der Waals surface area contributed by atoms with Crippen LogP contribution in [0.4, 0.5) is 0 Å². The summed E-state index contributed by atoms with van der Waals surface area (Å²) in [5.74, 6) is 0. The van der Waals surface area contributed by atoms with E-state index >= 15 is 0 Å².